The SMILES string of the molecule is CCc1cc(Br)cc(Cl)c1N=C=O. The lowest BCUT2D eigenvalue weighted by Crippen LogP contribution is -1.83. The molecule has 0 atom stereocenters. The van der Waals surface area contributed by atoms with Crippen LogP contribution < -0.4 is 0 Å². The summed E-state index contributed by atoms with van der Waals surface area (Å²) in [7, 11) is 0. The van der Waals surface area contributed by atoms with Crippen molar-refractivity contribution in [2.45, 2.75) is 13.3 Å². The van der Waals surface area contributed by atoms with Gasteiger partial charge in [-0.15, -0.1) is 0 Å². The first-order chi connectivity index (χ1) is 6.19. The normalized spacial score (nSPS) is 9.46. The van der Waals surface area contributed by atoms with Gasteiger partial charge < -0.3 is 0 Å². The molecule has 0 heterocycles. The predicted molar refractivity (Wildman–Crippen MR) is 56.3 cm³/mol. The van der Waals surface area contributed by atoms with E-state index in [9.17, 15) is 4.79 Å². The molecule has 0 unspecified atom stereocenters. The van der Waals surface area contributed by atoms with Crippen molar-refractivity contribution >= 4 is 39.3 Å². The minimum absolute atomic E-state index is 0.467. The Kier molecular flexibility index (Phi) is 3.67. The zero-order valence-corrected chi connectivity index (χ0v) is 9.32. The molecule has 2 nitrogen and oxygen atoms in total. The molecule has 1 aromatic rings. The quantitative estimate of drug-likeness (QED) is 0.590. The highest BCUT2D eigenvalue weighted by atomic mass is 79.9. The summed E-state index contributed by atoms with van der Waals surface area (Å²) in [6.45, 7) is 1.97. The van der Waals surface area contributed by atoms with Crippen LogP contribution in [0.3, 0.4) is 0 Å². The van der Waals surface area contributed by atoms with E-state index in [1.807, 2.05) is 13.0 Å². The van der Waals surface area contributed by atoms with Crippen LogP contribution in [0.4, 0.5) is 5.69 Å². The molecular formula is C9H7BrClNO. The van der Waals surface area contributed by atoms with E-state index in [1.54, 1.807) is 6.07 Å². The Bertz CT molecular complexity index is 372. The van der Waals surface area contributed by atoms with Gasteiger partial charge in [0.2, 0.25) is 6.08 Å². The molecule has 0 aliphatic heterocycles. The summed E-state index contributed by atoms with van der Waals surface area (Å²) in [6.07, 6.45) is 2.27. The van der Waals surface area contributed by atoms with Crippen LogP contribution >= 0.6 is 27.5 Å². The lowest BCUT2D eigenvalue weighted by molar-refractivity contribution is 0.565. The fourth-order valence-electron chi connectivity index (χ4n) is 1.06. The fraction of sp³-hybridized carbons (Fsp3) is 0.222. The first-order valence-electron chi connectivity index (χ1n) is 3.74. The zero-order chi connectivity index (χ0) is 9.84. The molecule has 0 aromatic heterocycles. The lowest BCUT2D eigenvalue weighted by atomic mass is 10.1. The molecule has 0 aliphatic carbocycles. The second-order valence-corrected chi connectivity index (χ2v) is 3.77. The van der Waals surface area contributed by atoms with Crippen LogP contribution in [0.5, 0.6) is 0 Å². The van der Waals surface area contributed by atoms with Crippen molar-refractivity contribution in [3.8, 4) is 0 Å². The first kappa shape index (κ1) is 10.5. The summed E-state index contributed by atoms with van der Waals surface area (Å²) in [5.74, 6) is 0. The number of nitrogens with zero attached hydrogens (tertiary/aromatic N) is 1. The molecule has 1 rings (SSSR count). The number of benzene rings is 1. The molecule has 0 amide bonds. The fourth-order valence-corrected chi connectivity index (χ4v) is 1.98. The van der Waals surface area contributed by atoms with Crippen molar-refractivity contribution in [1.29, 1.82) is 0 Å². The largest absolute Gasteiger partial charge is 0.240 e. The number of hydrogen-bond donors (Lipinski definition) is 0. The predicted octanol–water partition coefficient (Wildman–Crippen LogP) is 3.63. The Morgan fingerprint density at radius 1 is 1.62 bits per heavy atom. The third kappa shape index (κ3) is 2.41. The van der Waals surface area contributed by atoms with Crippen molar-refractivity contribution in [3.63, 3.8) is 0 Å². The van der Waals surface area contributed by atoms with E-state index in [1.165, 1.54) is 6.08 Å². The Morgan fingerprint density at radius 2 is 2.31 bits per heavy atom. The summed E-state index contributed by atoms with van der Waals surface area (Å²) in [5.41, 5.74) is 1.45. The van der Waals surface area contributed by atoms with Crippen LogP contribution in [0.15, 0.2) is 21.6 Å². The van der Waals surface area contributed by atoms with Crippen LogP contribution in [0.25, 0.3) is 0 Å². The van der Waals surface area contributed by atoms with E-state index in [-0.39, 0.29) is 0 Å². The van der Waals surface area contributed by atoms with Crippen LogP contribution in [-0.2, 0) is 11.2 Å². The van der Waals surface area contributed by atoms with Crippen LogP contribution in [0.1, 0.15) is 12.5 Å². The van der Waals surface area contributed by atoms with E-state index >= 15 is 0 Å². The number of hydrogen-bond acceptors (Lipinski definition) is 2. The molecule has 4 heteroatoms. The van der Waals surface area contributed by atoms with E-state index in [0.717, 1.165) is 16.5 Å². The highest BCUT2D eigenvalue weighted by molar-refractivity contribution is 9.10. The van der Waals surface area contributed by atoms with Crippen molar-refractivity contribution in [1.82, 2.24) is 0 Å². The van der Waals surface area contributed by atoms with E-state index in [4.69, 9.17) is 11.6 Å². The van der Waals surface area contributed by atoms with Gasteiger partial charge in [0.05, 0.1) is 10.7 Å². The van der Waals surface area contributed by atoms with E-state index < -0.39 is 0 Å². The Hall–Kier alpha value is -0.630. The molecule has 0 spiro atoms. The third-order valence-corrected chi connectivity index (χ3v) is 2.39. The number of aliphatic imine (C=N–C) groups is 1. The zero-order valence-electron chi connectivity index (χ0n) is 6.97. The third-order valence-electron chi connectivity index (χ3n) is 1.65. The number of halogens is 2. The second kappa shape index (κ2) is 4.56. The summed E-state index contributed by atoms with van der Waals surface area (Å²) in [4.78, 5) is 13.7. The van der Waals surface area contributed by atoms with E-state index in [0.29, 0.717) is 10.7 Å². The molecule has 0 radical (unpaired) electrons. The van der Waals surface area contributed by atoms with Gasteiger partial charge in [-0.05, 0) is 24.1 Å². The average Bonchev–Trinajstić information content (AvgIpc) is 2.09. The van der Waals surface area contributed by atoms with Gasteiger partial charge in [0, 0.05) is 4.47 Å². The van der Waals surface area contributed by atoms with Gasteiger partial charge in [0.15, 0.2) is 0 Å². The molecule has 0 bridgehead atoms. The average molecular weight is 261 g/mol. The molecular weight excluding hydrogens is 253 g/mol. The number of carbonyl (C=O) groups excluding carboxylic acids is 1. The van der Waals surface area contributed by atoms with Crippen molar-refractivity contribution in [2.24, 2.45) is 4.99 Å². The molecule has 68 valence electrons. The standard InChI is InChI=1S/C9H7BrClNO/c1-2-6-3-7(10)4-8(11)9(6)12-5-13/h3-4H,2H2,1H3. The summed E-state index contributed by atoms with van der Waals surface area (Å²) in [6, 6.07) is 3.60. The highest BCUT2D eigenvalue weighted by Crippen LogP contribution is 2.32. The van der Waals surface area contributed by atoms with Gasteiger partial charge in [-0.2, -0.15) is 4.99 Å². The topological polar surface area (TPSA) is 29.4 Å². The minimum Gasteiger partial charge on any atom is -0.211 e. The molecule has 0 aliphatic rings. The van der Waals surface area contributed by atoms with E-state index in [2.05, 4.69) is 20.9 Å². The smallest absolute Gasteiger partial charge is 0.211 e. The van der Waals surface area contributed by atoms with Crippen LogP contribution in [0, 0.1) is 0 Å². The molecule has 0 fully saturated rings. The molecule has 0 saturated heterocycles. The van der Waals surface area contributed by atoms with Crippen LogP contribution in [0.2, 0.25) is 5.02 Å². The lowest BCUT2D eigenvalue weighted by Gasteiger charge is -2.04. The number of rotatable bonds is 2. The summed E-state index contributed by atoms with van der Waals surface area (Å²) >= 11 is 9.20. The Balaban J connectivity index is 3.37. The highest BCUT2D eigenvalue weighted by Gasteiger charge is 2.06. The van der Waals surface area contributed by atoms with Gasteiger partial charge in [-0.1, -0.05) is 34.5 Å². The monoisotopic (exact) mass is 259 g/mol. The van der Waals surface area contributed by atoms with Gasteiger partial charge in [-0.3, -0.25) is 0 Å². The molecule has 1 aromatic carbocycles. The second-order valence-electron chi connectivity index (χ2n) is 2.45. The molecule has 0 N–H and O–H groups in total. The summed E-state index contributed by atoms with van der Waals surface area (Å²) in [5, 5.41) is 0.467. The maximum atomic E-state index is 10.1. The Morgan fingerprint density at radius 3 is 2.85 bits per heavy atom. The number of isocyanates is 1. The molecule has 13 heavy (non-hydrogen) atoms. The van der Waals surface area contributed by atoms with Gasteiger partial charge in [-0.25, -0.2) is 4.79 Å². The maximum absolute atomic E-state index is 10.1. The Labute approximate surface area is 89.8 Å². The van der Waals surface area contributed by atoms with Crippen molar-refractivity contribution < 1.29 is 4.79 Å². The first-order valence-corrected chi connectivity index (χ1v) is 4.92. The van der Waals surface area contributed by atoms with Crippen molar-refractivity contribution in [2.75, 3.05) is 0 Å². The van der Waals surface area contributed by atoms with Crippen LogP contribution in [-0.4, -0.2) is 6.08 Å². The minimum atomic E-state index is 0.467. The van der Waals surface area contributed by atoms with Gasteiger partial charge in [0.1, 0.15) is 0 Å². The number of aryl methyl sites for hydroxylation is 1. The maximum Gasteiger partial charge on any atom is 0.240 e. The van der Waals surface area contributed by atoms with Gasteiger partial charge in [0.25, 0.3) is 0 Å². The van der Waals surface area contributed by atoms with Crippen molar-refractivity contribution in [3.05, 3.63) is 27.2 Å². The summed E-state index contributed by atoms with van der Waals surface area (Å²) < 4.78 is 0.888. The van der Waals surface area contributed by atoms with Gasteiger partial charge >= 0.3 is 0 Å². The molecule has 0 saturated carbocycles.